The third-order valence-electron chi connectivity index (χ3n) is 3.33. The minimum Gasteiger partial charge on any atom is -0.375 e. The van der Waals surface area contributed by atoms with E-state index in [0.717, 1.165) is 37.9 Å². The van der Waals surface area contributed by atoms with Crippen LogP contribution in [0, 0.1) is 5.92 Å². The van der Waals surface area contributed by atoms with Crippen molar-refractivity contribution in [2.45, 2.75) is 31.8 Å². The van der Waals surface area contributed by atoms with Crippen LogP contribution in [-0.4, -0.2) is 35.9 Å². The van der Waals surface area contributed by atoms with Crippen LogP contribution in [0.4, 0.5) is 0 Å². The average Bonchev–Trinajstić information content (AvgIpc) is 2.86. The molecule has 5 nitrogen and oxygen atoms in total. The maximum absolute atomic E-state index is 5.60. The van der Waals surface area contributed by atoms with Crippen LogP contribution < -0.4 is 5.32 Å². The van der Waals surface area contributed by atoms with E-state index in [4.69, 9.17) is 9.26 Å². The summed E-state index contributed by atoms with van der Waals surface area (Å²) >= 11 is 0. The number of hydrogen-bond acceptors (Lipinski definition) is 5. The van der Waals surface area contributed by atoms with Gasteiger partial charge in [0, 0.05) is 19.0 Å². The van der Waals surface area contributed by atoms with Crippen molar-refractivity contribution in [2.75, 3.05) is 19.7 Å². The summed E-state index contributed by atoms with van der Waals surface area (Å²) < 4.78 is 10.8. The van der Waals surface area contributed by atoms with Gasteiger partial charge in [0.2, 0.25) is 5.89 Å². The van der Waals surface area contributed by atoms with Gasteiger partial charge in [0.1, 0.15) is 0 Å². The lowest BCUT2D eigenvalue weighted by molar-refractivity contribution is 0.0246. The molecule has 88 valence electrons. The van der Waals surface area contributed by atoms with Gasteiger partial charge in [-0.15, -0.1) is 0 Å². The molecule has 0 amide bonds. The first-order chi connectivity index (χ1) is 7.83. The second-order valence-electron chi connectivity index (χ2n) is 4.77. The van der Waals surface area contributed by atoms with E-state index < -0.39 is 0 Å². The monoisotopic (exact) mass is 223 g/mol. The highest BCUT2D eigenvalue weighted by atomic mass is 16.5. The molecular weight excluding hydrogens is 206 g/mol. The van der Waals surface area contributed by atoms with Gasteiger partial charge >= 0.3 is 0 Å². The molecule has 0 aromatic carbocycles. The van der Waals surface area contributed by atoms with E-state index in [9.17, 15) is 0 Å². The topological polar surface area (TPSA) is 60.2 Å². The largest absolute Gasteiger partial charge is 0.375 e. The van der Waals surface area contributed by atoms with E-state index in [0.29, 0.717) is 11.8 Å². The summed E-state index contributed by atoms with van der Waals surface area (Å²) in [6, 6.07) is 0. The Morgan fingerprint density at radius 2 is 2.38 bits per heavy atom. The lowest BCUT2D eigenvalue weighted by atomic mass is 10.2. The molecule has 2 heterocycles. The third kappa shape index (κ3) is 2.10. The first-order valence-electron chi connectivity index (χ1n) is 5.97. The molecule has 3 unspecified atom stereocenters. The Balaban J connectivity index is 1.59. The van der Waals surface area contributed by atoms with E-state index in [1.807, 2.05) is 0 Å². The minimum atomic E-state index is 0.179. The molecule has 1 aromatic heterocycles. The van der Waals surface area contributed by atoms with Crippen molar-refractivity contribution in [2.24, 2.45) is 5.92 Å². The van der Waals surface area contributed by atoms with Gasteiger partial charge in [0.05, 0.1) is 19.1 Å². The van der Waals surface area contributed by atoms with E-state index in [1.165, 1.54) is 6.42 Å². The molecule has 1 saturated carbocycles. The van der Waals surface area contributed by atoms with Crippen molar-refractivity contribution in [1.82, 2.24) is 15.5 Å². The summed E-state index contributed by atoms with van der Waals surface area (Å²) in [7, 11) is 0. The Hall–Kier alpha value is -0.940. The summed E-state index contributed by atoms with van der Waals surface area (Å²) in [6.07, 6.45) is 2.10. The van der Waals surface area contributed by atoms with Crippen molar-refractivity contribution < 1.29 is 9.26 Å². The number of nitrogens with one attached hydrogen (secondary N) is 1. The van der Waals surface area contributed by atoms with Crippen LogP contribution in [-0.2, 0) is 11.2 Å². The predicted octanol–water partition coefficient (Wildman–Crippen LogP) is 0.724. The maximum atomic E-state index is 5.60. The van der Waals surface area contributed by atoms with E-state index in [2.05, 4.69) is 22.4 Å². The molecule has 2 aliphatic rings. The first kappa shape index (κ1) is 10.2. The van der Waals surface area contributed by atoms with Crippen molar-refractivity contribution in [3.8, 4) is 0 Å². The number of ether oxygens (including phenoxy) is 1. The molecule has 3 atom stereocenters. The number of aromatic nitrogens is 2. The van der Waals surface area contributed by atoms with Crippen LogP contribution in [0.5, 0.6) is 0 Å². The highest BCUT2D eigenvalue weighted by Gasteiger charge is 2.38. The molecule has 0 radical (unpaired) electrons. The van der Waals surface area contributed by atoms with Crippen molar-refractivity contribution in [1.29, 1.82) is 0 Å². The lowest BCUT2D eigenvalue weighted by Crippen LogP contribution is -2.39. The van der Waals surface area contributed by atoms with Crippen LogP contribution in [0.1, 0.15) is 31.0 Å². The molecular formula is C11H17N3O2. The van der Waals surface area contributed by atoms with Crippen LogP contribution in [0.25, 0.3) is 0 Å². The van der Waals surface area contributed by atoms with Crippen molar-refractivity contribution >= 4 is 0 Å². The van der Waals surface area contributed by atoms with Crippen LogP contribution in [0.15, 0.2) is 4.52 Å². The number of nitrogens with zero attached hydrogens (tertiary/aromatic N) is 2. The maximum Gasteiger partial charge on any atom is 0.229 e. The Bertz CT molecular complexity index is 360. The van der Waals surface area contributed by atoms with Crippen LogP contribution in [0.2, 0.25) is 0 Å². The summed E-state index contributed by atoms with van der Waals surface area (Å²) in [4.78, 5) is 4.43. The highest BCUT2D eigenvalue weighted by molar-refractivity contribution is 5.07. The molecule has 1 aliphatic heterocycles. The zero-order valence-corrected chi connectivity index (χ0v) is 9.48. The SMILES string of the molecule is CC1CC1c1noc(CC2CNCCO2)n1. The predicted molar refractivity (Wildman–Crippen MR) is 57.1 cm³/mol. The third-order valence-corrected chi connectivity index (χ3v) is 3.33. The number of morpholine rings is 1. The molecule has 3 rings (SSSR count). The molecule has 16 heavy (non-hydrogen) atoms. The van der Waals surface area contributed by atoms with E-state index >= 15 is 0 Å². The lowest BCUT2D eigenvalue weighted by Gasteiger charge is -2.21. The molecule has 0 bridgehead atoms. The van der Waals surface area contributed by atoms with Gasteiger partial charge in [-0.25, -0.2) is 0 Å². The van der Waals surface area contributed by atoms with Crippen LogP contribution in [0.3, 0.4) is 0 Å². The molecule has 0 spiro atoms. The molecule has 1 aromatic rings. The highest BCUT2D eigenvalue weighted by Crippen LogP contribution is 2.45. The second-order valence-corrected chi connectivity index (χ2v) is 4.77. The average molecular weight is 223 g/mol. The quantitative estimate of drug-likeness (QED) is 0.818. The van der Waals surface area contributed by atoms with Gasteiger partial charge in [-0.2, -0.15) is 4.98 Å². The zero-order chi connectivity index (χ0) is 11.0. The van der Waals surface area contributed by atoms with Gasteiger partial charge in [0.25, 0.3) is 0 Å². The standard InChI is InChI=1S/C11H17N3O2/c1-7-4-9(7)11-13-10(16-14-11)5-8-6-12-2-3-15-8/h7-9,12H,2-6H2,1H3. The fraction of sp³-hybridized carbons (Fsp3) is 0.818. The normalized spacial score (nSPS) is 33.9. The van der Waals surface area contributed by atoms with E-state index in [-0.39, 0.29) is 6.10 Å². The zero-order valence-electron chi connectivity index (χ0n) is 9.48. The fourth-order valence-corrected chi connectivity index (χ4v) is 2.13. The number of rotatable bonds is 3. The summed E-state index contributed by atoms with van der Waals surface area (Å²) in [6.45, 7) is 4.79. The summed E-state index contributed by atoms with van der Waals surface area (Å²) in [5.41, 5.74) is 0. The Labute approximate surface area is 94.6 Å². The summed E-state index contributed by atoms with van der Waals surface area (Å²) in [5, 5.41) is 7.32. The number of hydrogen-bond donors (Lipinski definition) is 1. The smallest absolute Gasteiger partial charge is 0.229 e. The molecule has 1 N–H and O–H groups in total. The molecule has 5 heteroatoms. The Kier molecular flexibility index (Phi) is 2.65. The van der Waals surface area contributed by atoms with Gasteiger partial charge in [-0.1, -0.05) is 12.1 Å². The second kappa shape index (κ2) is 4.14. The Morgan fingerprint density at radius 3 is 3.06 bits per heavy atom. The first-order valence-corrected chi connectivity index (χ1v) is 5.97. The fourth-order valence-electron chi connectivity index (χ4n) is 2.13. The van der Waals surface area contributed by atoms with Gasteiger partial charge in [0.15, 0.2) is 5.82 Å². The van der Waals surface area contributed by atoms with Gasteiger partial charge in [-0.05, 0) is 12.3 Å². The van der Waals surface area contributed by atoms with Crippen molar-refractivity contribution in [3.63, 3.8) is 0 Å². The van der Waals surface area contributed by atoms with E-state index in [1.54, 1.807) is 0 Å². The van der Waals surface area contributed by atoms with Crippen molar-refractivity contribution in [3.05, 3.63) is 11.7 Å². The van der Waals surface area contributed by atoms with Crippen LogP contribution >= 0.6 is 0 Å². The molecule has 2 fully saturated rings. The van der Waals surface area contributed by atoms with Gasteiger partial charge in [-0.3, -0.25) is 0 Å². The molecule has 1 aliphatic carbocycles. The Morgan fingerprint density at radius 1 is 1.50 bits per heavy atom. The minimum absolute atomic E-state index is 0.179. The summed E-state index contributed by atoms with van der Waals surface area (Å²) in [5.74, 6) is 2.84. The van der Waals surface area contributed by atoms with Gasteiger partial charge < -0.3 is 14.6 Å². The molecule has 1 saturated heterocycles.